The fourth-order valence-corrected chi connectivity index (χ4v) is 3.39. The molecule has 2 aromatic carbocycles. The lowest BCUT2D eigenvalue weighted by molar-refractivity contribution is -0.385. The van der Waals surface area contributed by atoms with E-state index in [1.807, 2.05) is 0 Å². The Balaban J connectivity index is 1.78. The van der Waals surface area contributed by atoms with Gasteiger partial charge in [-0.3, -0.25) is 20.2 Å². The van der Waals surface area contributed by atoms with Crippen LogP contribution in [0.5, 0.6) is 0 Å². The first kappa shape index (κ1) is 21.1. The zero-order valence-corrected chi connectivity index (χ0v) is 17.0. The average Bonchev–Trinajstić information content (AvgIpc) is 3.16. The van der Waals surface area contributed by atoms with E-state index in [1.54, 1.807) is 6.92 Å². The van der Waals surface area contributed by atoms with Gasteiger partial charge in [0.1, 0.15) is 0 Å². The highest BCUT2D eigenvalue weighted by Crippen LogP contribution is 2.24. The highest BCUT2D eigenvalue weighted by atomic mass is 32.2. The number of anilines is 1. The monoisotopic (exact) mass is 431 g/mol. The predicted molar refractivity (Wildman–Crippen MR) is 106 cm³/mol. The topological polar surface area (TPSA) is 149 Å². The Morgan fingerprint density at radius 3 is 2.40 bits per heavy atom. The van der Waals surface area contributed by atoms with E-state index >= 15 is 0 Å². The lowest BCUT2D eigenvalue weighted by Crippen LogP contribution is -2.22. The van der Waals surface area contributed by atoms with E-state index < -0.39 is 20.9 Å². The van der Waals surface area contributed by atoms with Gasteiger partial charge in [0.25, 0.3) is 11.6 Å². The molecule has 12 heteroatoms. The molecule has 0 aliphatic rings. The van der Waals surface area contributed by atoms with E-state index in [2.05, 4.69) is 15.5 Å². The largest absolute Gasteiger partial charge is 0.403 e. The Labute approximate surface area is 171 Å². The Bertz CT molecular complexity index is 1220. The van der Waals surface area contributed by atoms with Gasteiger partial charge < -0.3 is 4.42 Å². The van der Waals surface area contributed by atoms with E-state index in [-0.39, 0.29) is 28.1 Å². The first-order valence-corrected chi connectivity index (χ1v) is 9.96. The number of aromatic nitrogens is 2. The molecular formula is C18H17N5O6S. The minimum absolute atomic E-state index is 0.0605. The molecular weight excluding hydrogens is 414 g/mol. The number of nitrogens with zero attached hydrogens (tertiary/aromatic N) is 4. The Hall–Kier alpha value is -3.64. The van der Waals surface area contributed by atoms with Crippen LogP contribution in [-0.2, 0) is 10.0 Å². The molecule has 1 amide bonds. The standard InChI is InChI=1S/C18H17N5O6S/c1-11-4-5-13(10-15(11)23(25)26)16(24)19-18-21-20-17(29-18)12-6-8-14(9-7-12)30(27,28)22(2)3/h4-10H,1-3H3,(H,19,21,24). The van der Waals surface area contributed by atoms with E-state index in [1.165, 1.54) is 50.5 Å². The van der Waals surface area contributed by atoms with Gasteiger partial charge in [-0.2, -0.15) is 0 Å². The molecule has 0 saturated heterocycles. The number of amides is 1. The van der Waals surface area contributed by atoms with Gasteiger partial charge >= 0.3 is 6.01 Å². The summed E-state index contributed by atoms with van der Waals surface area (Å²) < 4.78 is 30.7. The molecule has 0 spiro atoms. The van der Waals surface area contributed by atoms with Crippen molar-refractivity contribution in [1.29, 1.82) is 0 Å². The molecule has 0 atom stereocenters. The summed E-state index contributed by atoms with van der Waals surface area (Å²) in [6, 6.07) is 9.66. The van der Waals surface area contributed by atoms with Crippen molar-refractivity contribution >= 4 is 27.6 Å². The number of nitro benzene ring substituents is 1. The molecule has 1 heterocycles. The predicted octanol–water partition coefficient (Wildman–Crippen LogP) is 2.46. The van der Waals surface area contributed by atoms with E-state index in [0.29, 0.717) is 11.1 Å². The van der Waals surface area contributed by atoms with Crippen molar-refractivity contribution in [2.24, 2.45) is 0 Å². The average molecular weight is 431 g/mol. The summed E-state index contributed by atoms with van der Waals surface area (Å²) in [5.41, 5.74) is 0.759. The van der Waals surface area contributed by atoms with Crippen LogP contribution in [-0.4, -0.2) is 47.8 Å². The second kappa shape index (κ2) is 8.00. The van der Waals surface area contributed by atoms with E-state index in [4.69, 9.17) is 4.42 Å². The van der Waals surface area contributed by atoms with Crippen LogP contribution < -0.4 is 5.32 Å². The number of carbonyl (C=O) groups excluding carboxylic acids is 1. The summed E-state index contributed by atoms with van der Waals surface area (Å²) in [7, 11) is -0.709. The molecule has 3 aromatic rings. The lowest BCUT2D eigenvalue weighted by atomic mass is 10.1. The van der Waals surface area contributed by atoms with E-state index in [9.17, 15) is 23.3 Å². The summed E-state index contributed by atoms with van der Waals surface area (Å²) in [5, 5.41) is 21.0. The van der Waals surface area contributed by atoms with Crippen LogP contribution in [0.2, 0.25) is 0 Å². The van der Waals surface area contributed by atoms with Crippen LogP contribution in [0.3, 0.4) is 0 Å². The molecule has 0 bridgehead atoms. The van der Waals surface area contributed by atoms with Crippen molar-refractivity contribution in [3.8, 4) is 11.5 Å². The minimum Gasteiger partial charge on any atom is -0.403 e. The SMILES string of the molecule is Cc1ccc(C(=O)Nc2nnc(-c3ccc(S(=O)(=O)N(C)C)cc3)o2)cc1[N+](=O)[O-]. The van der Waals surface area contributed by atoms with Gasteiger partial charge in [0.15, 0.2) is 0 Å². The van der Waals surface area contributed by atoms with Crippen LogP contribution >= 0.6 is 0 Å². The van der Waals surface area contributed by atoms with Crippen molar-refractivity contribution in [3.05, 3.63) is 63.7 Å². The third kappa shape index (κ3) is 4.18. The maximum atomic E-state index is 12.3. The van der Waals surface area contributed by atoms with Gasteiger partial charge in [0.05, 0.1) is 9.82 Å². The van der Waals surface area contributed by atoms with Crippen LogP contribution in [0.1, 0.15) is 15.9 Å². The van der Waals surface area contributed by atoms with Crippen molar-refractivity contribution in [3.63, 3.8) is 0 Å². The number of carbonyl (C=O) groups is 1. The zero-order chi connectivity index (χ0) is 22.1. The van der Waals surface area contributed by atoms with Crippen LogP contribution in [0.15, 0.2) is 51.8 Å². The number of hydrogen-bond donors (Lipinski definition) is 1. The minimum atomic E-state index is -3.57. The van der Waals surface area contributed by atoms with Crippen molar-refractivity contribution < 1.29 is 22.6 Å². The number of nitro groups is 1. The van der Waals surface area contributed by atoms with Crippen molar-refractivity contribution in [1.82, 2.24) is 14.5 Å². The third-order valence-electron chi connectivity index (χ3n) is 4.19. The smallest absolute Gasteiger partial charge is 0.322 e. The molecule has 0 aliphatic carbocycles. The normalized spacial score (nSPS) is 11.5. The number of aryl methyl sites for hydroxylation is 1. The Morgan fingerprint density at radius 2 is 1.80 bits per heavy atom. The maximum Gasteiger partial charge on any atom is 0.322 e. The number of nitrogens with one attached hydrogen (secondary N) is 1. The van der Waals surface area contributed by atoms with Crippen molar-refractivity contribution in [2.45, 2.75) is 11.8 Å². The summed E-state index contributed by atoms with van der Waals surface area (Å²) in [5.74, 6) is -0.588. The van der Waals surface area contributed by atoms with Gasteiger partial charge in [-0.05, 0) is 37.3 Å². The Morgan fingerprint density at radius 1 is 1.13 bits per heavy atom. The quantitative estimate of drug-likeness (QED) is 0.462. The van der Waals surface area contributed by atoms with Crippen LogP contribution in [0, 0.1) is 17.0 Å². The van der Waals surface area contributed by atoms with E-state index in [0.717, 1.165) is 10.4 Å². The lowest BCUT2D eigenvalue weighted by Gasteiger charge is -2.11. The van der Waals surface area contributed by atoms with Crippen molar-refractivity contribution in [2.75, 3.05) is 19.4 Å². The van der Waals surface area contributed by atoms with Gasteiger partial charge in [-0.15, -0.1) is 5.10 Å². The van der Waals surface area contributed by atoms with Gasteiger partial charge in [0.2, 0.25) is 15.9 Å². The highest BCUT2D eigenvalue weighted by molar-refractivity contribution is 7.89. The first-order chi connectivity index (χ1) is 14.1. The van der Waals surface area contributed by atoms with Gasteiger partial charge in [-0.25, -0.2) is 12.7 Å². The summed E-state index contributed by atoms with van der Waals surface area (Å²) in [6.07, 6.45) is 0. The molecule has 0 fully saturated rings. The molecule has 0 radical (unpaired) electrons. The molecule has 3 rings (SSSR count). The van der Waals surface area contributed by atoms with Gasteiger partial charge in [-0.1, -0.05) is 11.2 Å². The molecule has 0 unspecified atom stereocenters. The fourth-order valence-electron chi connectivity index (χ4n) is 2.49. The summed E-state index contributed by atoms with van der Waals surface area (Å²) in [6.45, 7) is 1.57. The molecule has 156 valence electrons. The summed E-state index contributed by atoms with van der Waals surface area (Å²) in [4.78, 5) is 22.9. The molecule has 0 saturated carbocycles. The molecule has 1 aromatic heterocycles. The third-order valence-corrected chi connectivity index (χ3v) is 6.02. The number of sulfonamides is 1. The highest BCUT2D eigenvalue weighted by Gasteiger charge is 2.19. The molecule has 1 N–H and O–H groups in total. The Kier molecular flexibility index (Phi) is 5.62. The number of hydrogen-bond acceptors (Lipinski definition) is 8. The number of benzene rings is 2. The zero-order valence-electron chi connectivity index (χ0n) is 16.2. The van der Waals surface area contributed by atoms with Crippen LogP contribution in [0.25, 0.3) is 11.5 Å². The fraction of sp³-hybridized carbons (Fsp3) is 0.167. The first-order valence-electron chi connectivity index (χ1n) is 8.52. The second-order valence-electron chi connectivity index (χ2n) is 6.44. The maximum absolute atomic E-state index is 12.3. The second-order valence-corrected chi connectivity index (χ2v) is 8.59. The van der Waals surface area contributed by atoms with Crippen LogP contribution in [0.4, 0.5) is 11.7 Å². The molecule has 0 aliphatic heterocycles. The molecule has 30 heavy (non-hydrogen) atoms. The van der Waals surface area contributed by atoms with Gasteiger partial charge in [0, 0.05) is 36.9 Å². The number of rotatable bonds is 6. The molecule has 11 nitrogen and oxygen atoms in total. The summed E-state index contributed by atoms with van der Waals surface area (Å²) >= 11 is 0.